The van der Waals surface area contributed by atoms with Crippen molar-refractivity contribution in [3.05, 3.63) is 33.1 Å². The Labute approximate surface area is 229 Å². The monoisotopic (exact) mass is 597 g/mol. The lowest BCUT2D eigenvalue weighted by Gasteiger charge is -2.25. The molecule has 39 heavy (non-hydrogen) atoms. The van der Waals surface area contributed by atoms with E-state index in [0.29, 0.717) is 0 Å². The van der Waals surface area contributed by atoms with Crippen LogP contribution in [-0.2, 0) is 32.7 Å². The summed E-state index contributed by atoms with van der Waals surface area (Å²) in [4.78, 5) is 50.0. The number of ether oxygens (including phenoxy) is 2. The third-order valence-corrected chi connectivity index (χ3v) is 8.44. The molecule has 1 aliphatic heterocycles. The number of aliphatic hydroxyl groups is 1. The summed E-state index contributed by atoms with van der Waals surface area (Å²) in [5, 5.41) is 13.0. The number of carbonyl (C=O) groups is 2. The molecular weight excluding hydrogens is 560 g/mol. The maximum absolute atomic E-state index is 13.9. The summed E-state index contributed by atoms with van der Waals surface area (Å²) in [5.41, 5.74) is -2.13. The van der Waals surface area contributed by atoms with Gasteiger partial charge in [-0.15, -0.1) is 0 Å². The molecule has 0 aromatic carbocycles. The summed E-state index contributed by atoms with van der Waals surface area (Å²) in [6, 6.07) is -0.0841. The Morgan fingerprint density at radius 1 is 1.28 bits per heavy atom. The number of aromatic amines is 1. The topological polar surface area (TPSA) is 175 Å². The van der Waals surface area contributed by atoms with Crippen LogP contribution in [0.3, 0.4) is 0 Å². The Hall–Kier alpha value is -1.87. The second kappa shape index (κ2) is 14.2. The molecule has 2 unspecified atom stereocenters. The van der Waals surface area contributed by atoms with Gasteiger partial charge in [0.25, 0.3) is 5.56 Å². The van der Waals surface area contributed by atoms with E-state index in [1.54, 1.807) is 34.6 Å². The molecular formula is C23H37FN3O10PS. The van der Waals surface area contributed by atoms with Crippen molar-refractivity contribution < 1.29 is 42.2 Å². The number of halogens is 1. The van der Waals surface area contributed by atoms with Crippen LogP contribution >= 0.6 is 19.5 Å². The van der Waals surface area contributed by atoms with E-state index in [9.17, 15) is 33.2 Å². The molecule has 1 aliphatic rings. The zero-order valence-corrected chi connectivity index (χ0v) is 24.5. The number of aliphatic hydroxyl groups excluding tert-OH is 1. The van der Waals surface area contributed by atoms with Crippen molar-refractivity contribution in [2.75, 3.05) is 25.6 Å². The molecule has 6 atom stereocenters. The molecule has 0 amide bonds. The maximum atomic E-state index is 13.9. The number of esters is 1. The van der Waals surface area contributed by atoms with Gasteiger partial charge in [0.05, 0.1) is 32.1 Å². The van der Waals surface area contributed by atoms with Crippen molar-refractivity contribution >= 4 is 30.6 Å². The number of hydrogen-bond acceptors (Lipinski definition) is 11. The fourth-order valence-corrected chi connectivity index (χ4v) is 5.81. The molecule has 222 valence electrons. The molecule has 2 heterocycles. The molecule has 0 bridgehead atoms. The van der Waals surface area contributed by atoms with Crippen molar-refractivity contribution in [3.8, 4) is 0 Å². The van der Waals surface area contributed by atoms with Gasteiger partial charge >= 0.3 is 19.4 Å². The summed E-state index contributed by atoms with van der Waals surface area (Å²) in [7, 11) is -4.27. The van der Waals surface area contributed by atoms with Crippen LogP contribution in [0.25, 0.3) is 0 Å². The average molecular weight is 598 g/mol. The number of rotatable bonds is 13. The van der Waals surface area contributed by atoms with Crippen LogP contribution in [-0.4, -0.2) is 75.7 Å². The van der Waals surface area contributed by atoms with E-state index in [2.05, 4.69) is 5.09 Å². The van der Waals surface area contributed by atoms with E-state index in [1.807, 2.05) is 4.98 Å². The SMILES string of the molecule is CC(C)OC(=O)C(C)NP(=O)(OCCSC(=O)C(C)(C)C)OC[C@H]1O[C@@H](n2ccc(=O)[nH]c2=O)[C@H](O)[C@@H]1CF. The van der Waals surface area contributed by atoms with Gasteiger partial charge in [-0.1, -0.05) is 32.5 Å². The molecule has 13 nitrogen and oxygen atoms in total. The highest BCUT2D eigenvalue weighted by Crippen LogP contribution is 2.46. The Bertz CT molecular complexity index is 1150. The first-order valence-electron chi connectivity index (χ1n) is 12.3. The van der Waals surface area contributed by atoms with E-state index >= 15 is 0 Å². The Morgan fingerprint density at radius 3 is 2.51 bits per heavy atom. The second-order valence-corrected chi connectivity index (χ2v) is 13.1. The minimum Gasteiger partial charge on any atom is -0.462 e. The molecule has 3 N–H and O–H groups in total. The molecule has 0 aliphatic carbocycles. The first kappa shape index (κ1) is 33.3. The maximum Gasteiger partial charge on any atom is 0.406 e. The number of carbonyl (C=O) groups excluding carboxylic acids is 2. The van der Waals surface area contributed by atoms with Gasteiger partial charge in [-0.3, -0.25) is 37.4 Å². The summed E-state index contributed by atoms with van der Waals surface area (Å²) < 4.78 is 50.1. The number of H-pyrrole nitrogens is 1. The molecule has 1 aromatic rings. The van der Waals surface area contributed by atoms with E-state index in [-0.39, 0.29) is 17.5 Å². The minimum absolute atomic E-state index is 0.105. The highest BCUT2D eigenvalue weighted by atomic mass is 32.2. The van der Waals surface area contributed by atoms with Crippen molar-refractivity contribution in [1.29, 1.82) is 0 Å². The van der Waals surface area contributed by atoms with Gasteiger partial charge in [0.1, 0.15) is 12.1 Å². The fraction of sp³-hybridized carbons (Fsp3) is 0.739. The minimum atomic E-state index is -4.27. The Morgan fingerprint density at radius 2 is 1.95 bits per heavy atom. The molecule has 1 aromatic heterocycles. The zero-order valence-electron chi connectivity index (χ0n) is 22.7. The van der Waals surface area contributed by atoms with Gasteiger partial charge in [-0.25, -0.2) is 14.4 Å². The third-order valence-electron chi connectivity index (χ3n) is 5.48. The lowest BCUT2D eigenvalue weighted by atomic mass is 10.00. The van der Waals surface area contributed by atoms with E-state index < -0.39 is 80.2 Å². The molecule has 0 radical (unpaired) electrons. The number of nitrogens with zero attached hydrogens (tertiary/aromatic N) is 1. The Kier molecular flexibility index (Phi) is 12.1. The number of thioether (sulfide) groups is 1. The number of hydrogen-bond donors (Lipinski definition) is 3. The lowest BCUT2D eigenvalue weighted by Crippen LogP contribution is -2.37. The zero-order chi connectivity index (χ0) is 29.5. The molecule has 0 saturated carbocycles. The van der Waals surface area contributed by atoms with Crippen LogP contribution in [0.4, 0.5) is 4.39 Å². The standard InChI is InChI=1S/C23H37FN3O10PS/c1-13(2)36-20(30)14(3)26-38(33,34-9-10-39-21(31)23(4,5)6)35-12-16-15(11-24)18(29)19(37-16)27-8-7-17(28)25-22(27)32/h7-8,13-16,18-19,29H,9-12H2,1-6H3,(H,26,33)(H,25,28,32)/t14?,15-,16-,18-,19-,38?/m1/s1. The van der Waals surface area contributed by atoms with Crippen molar-refractivity contribution in [3.63, 3.8) is 0 Å². The Balaban J connectivity index is 2.15. The van der Waals surface area contributed by atoms with Crippen molar-refractivity contribution in [2.24, 2.45) is 11.3 Å². The van der Waals surface area contributed by atoms with Gasteiger partial charge in [0, 0.05) is 29.3 Å². The smallest absolute Gasteiger partial charge is 0.406 e. The summed E-state index contributed by atoms with van der Waals surface area (Å²) in [5.74, 6) is -1.76. The highest BCUT2D eigenvalue weighted by Gasteiger charge is 2.46. The summed E-state index contributed by atoms with van der Waals surface area (Å²) in [6.07, 6.45) is -3.36. The molecule has 16 heteroatoms. The van der Waals surface area contributed by atoms with Crippen molar-refractivity contribution in [1.82, 2.24) is 14.6 Å². The number of nitrogens with one attached hydrogen (secondary N) is 2. The van der Waals surface area contributed by atoms with Crippen LogP contribution in [0, 0.1) is 11.3 Å². The van der Waals surface area contributed by atoms with Gasteiger partial charge in [0.15, 0.2) is 11.3 Å². The molecule has 1 fully saturated rings. The predicted octanol–water partition coefficient (Wildman–Crippen LogP) is 1.76. The first-order valence-corrected chi connectivity index (χ1v) is 14.9. The van der Waals surface area contributed by atoms with E-state index in [4.69, 9.17) is 18.5 Å². The van der Waals surface area contributed by atoms with Gasteiger partial charge in [-0.2, -0.15) is 0 Å². The van der Waals surface area contributed by atoms with Crippen LogP contribution in [0.2, 0.25) is 0 Å². The first-order chi connectivity index (χ1) is 18.1. The van der Waals surface area contributed by atoms with Crippen LogP contribution in [0.15, 0.2) is 21.9 Å². The van der Waals surface area contributed by atoms with Crippen LogP contribution in [0.5, 0.6) is 0 Å². The normalized spacial score (nSPS) is 23.9. The number of alkyl halides is 1. The predicted molar refractivity (Wildman–Crippen MR) is 141 cm³/mol. The van der Waals surface area contributed by atoms with Gasteiger partial charge < -0.3 is 14.6 Å². The highest BCUT2D eigenvalue weighted by molar-refractivity contribution is 8.13. The largest absolute Gasteiger partial charge is 0.462 e. The average Bonchev–Trinajstić information content (AvgIpc) is 3.14. The van der Waals surface area contributed by atoms with Gasteiger partial charge in [0.2, 0.25) is 0 Å². The van der Waals surface area contributed by atoms with Crippen LogP contribution < -0.4 is 16.3 Å². The van der Waals surface area contributed by atoms with E-state index in [0.717, 1.165) is 28.6 Å². The summed E-state index contributed by atoms with van der Waals surface area (Å²) in [6.45, 7) is 8.13. The van der Waals surface area contributed by atoms with Crippen molar-refractivity contribution in [2.45, 2.75) is 72.1 Å². The number of aromatic nitrogens is 2. The summed E-state index contributed by atoms with van der Waals surface area (Å²) >= 11 is 0.981. The second-order valence-electron chi connectivity index (χ2n) is 10.2. The fourth-order valence-electron chi connectivity index (χ4n) is 3.42. The molecule has 0 spiro atoms. The molecule has 1 saturated heterocycles. The van der Waals surface area contributed by atoms with E-state index in [1.165, 1.54) is 6.92 Å². The van der Waals surface area contributed by atoms with Gasteiger partial charge in [-0.05, 0) is 20.8 Å². The quantitative estimate of drug-likeness (QED) is 0.171. The van der Waals surface area contributed by atoms with Crippen LogP contribution in [0.1, 0.15) is 47.8 Å². The third kappa shape index (κ3) is 9.62. The lowest BCUT2D eigenvalue weighted by molar-refractivity contribution is -0.149. The molecule has 2 rings (SSSR count).